The third kappa shape index (κ3) is 6.01. The second-order valence-electron chi connectivity index (χ2n) is 3.68. The number of carbonyl (C=O) groups is 1. The van der Waals surface area contributed by atoms with Gasteiger partial charge in [-0.05, 0) is 74.1 Å². The van der Waals surface area contributed by atoms with E-state index in [4.69, 9.17) is 9.84 Å². The zero-order valence-electron chi connectivity index (χ0n) is 10.4. The van der Waals surface area contributed by atoms with E-state index in [1.165, 1.54) is 6.08 Å². The predicted molar refractivity (Wildman–Crippen MR) is 87.0 cm³/mol. The number of hydrogen-bond acceptors (Lipinski definition) is 3. The van der Waals surface area contributed by atoms with E-state index in [-0.39, 0.29) is 0 Å². The minimum Gasteiger partial charge on any atom is -0.491 e. The van der Waals surface area contributed by atoms with Crippen molar-refractivity contribution in [1.29, 1.82) is 0 Å². The summed E-state index contributed by atoms with van der Waals surface area (Å²) in [6, 6.07) is 3.65. The van der Waals surface area contributed by atoms with Gasteiger partial charge in [-0.2, -0.15) is 11.8 Å². The van der Waals surface area contributed by atoms with Crippen molar-refractivity contribution in [2.75, 3.05) is 18.6 Å². The van der Waals surface area contributed by atoms with Crippen molar-refractivity contribution >= 4 is 55.7 Å². The van der Waals surface area contributed by atoms with Crippen LogP contribution in [-0.4, -0.2) is 29.7 Å². The molecule has 0 atom stereocenters. The molecule has 0 saturated carbocycles. The monoisotopic (exact) mass is 408 g/mol. The maximum absolute atomic E-state index is 10.5. The number of halogens is 2. The molecule has 0 aliphatic heterocycles. The van der Waals surface area contributed by atoms with E-state index in [1.807, 2.05) is 12.1 Å². The Morgan fingerprint density at radius 1 is 1.42 bits per heavy atom. The van der Waals surface area contributed by atoms with Crippen LogP contribution in [0.4, 0.5) is 0 Å². The first-order chi connectivity index (χ1) is 9.04. The Bertz CT molecular complexity index is 452. The number of carboxylic acid groups (broad SMARTS) is 1. The number of carboxylic acids is 1. The smallest absolute Gasteiger partial charge is 0.328 e. The van der Waals surface area contributed by atoms with E-state index in [1.54, 1.807) is 11.8 Å². The number of thioether (sulfide) groups is 1. The molecule has 0 unspecified atom stereocenters. The van der Waals surface area contributed by atoms with Crippen LogP contribution in [-0.2, 0) is 4.79 Å². The lowest BCUT2D eigenvalue weighted by Gasteiger charge is -2.11. The van der Waals surface area contributed by atoms with Crippen molar-refractivity contribution in [1.82, 2.24) is 0 Å². The van der Waals surface area contributed by atoms with Crippen LogP contribution in [0.2, 0.25) is 0 Å². The number of benzene rings is 1. The van der Waals surface area contributed by atoms with Crippen LogP contribution < -0.4 is 4.74 Å². The fourth-order valence-electron chi connectivity index (χ4n) is 1.36. The highest BCUT2D eigenvalue weighted by Gasteiger charge is 2.08. The van der Waals surface area contributed by atoms with Crippen molar-refractivity contribution in [3.8, 4) is 5.75 Å². The van der Waals surface area contributed by atoms with E-state index < -0.39 is 5.97 Å². The first-order valence-electron chi connectivity index (χ1n) is 5.56. The van der Waals surface area contributed by atoms with Gasteiger partial charge in [0.25, 0.3) is 0 Å². The largest absolute Gasteiger partial charge is 0.491 e. The standard InChI is InChI=1S/C13H14Br2O3S/c1-19-6-2-5-18-13-10(14)7-9(8-11(13)15)3-4-12(16)17/h3-4,7-8H,2,5-6H2,1H3,(H,16,17)/b4-3+. The van der Waals surface area contributed by atoms with Crippen molar-refractivity contribution in [2.45, 2.75) is 6.42 Å². The van der Waals surface area contributed by atoms with Crippen LogP contribution in [0.25, 0.3) is 6.08 Å². The summed E-state index contributed by atoms with van der Waals surface area (Å²) in [5.74, 6) is 0.840. The van der Waals surface area contributed by atoms with Gasteiger partial charge in [-0.15, -0.1) is 0 Å². The molecule has 0 bridgehead atoms. The van der Waals surface area contributed by atoms with Crippen molar-refractivity contribution in [3.05, 3.63) is 32.7 Å². The molecule has 3 nitrogen and oxygen atoms in total. The molecular formula is C13H14Br2O3S. The molecule has 0 heterocycles. The number of aliphatic carboxylic acids is 1. The fraction of sp³-hybridized carbons (Fsp3) is 0.308. The summed E-state index contributed by atoms with van der Waals surface area (Å²) in [6.07, 6.45) is 5.69. The molecule has 0 amide bonds. The van der Waals surface area contributed by atoms with Gasteiger partial charge in [-0.25, -0.2) is 4.79 Å². The average Bonchev–Trinajstić information content (AvgIpc) is 2.34. The first kappa shape index (κ1) is 16.6. The molecule has 1 N–H and O–H groups in total. The zero-order chi connectivity index (χ0) is 14.3. The van der Waals surface area contributed by atoms with Crippen LogP contribution in [0.1, 0.15) is 12.0 Å². The van der Waals surface area contributed by atoms with Gasteiger partial charge in [0.05, 0.1) is 15.6 Å². The molecule has 1 rings (SSSR count). The molecule has 1 aromatic carbocycles. The Hall–Kier alpha value is -0.460. The summed E-state index contributed by atoms with van der Waals surface area (Å²) in [6.45, 7) is 0.655. The van der Waals surface area contributed by atoms with Crippen LogP contribution >= 0.6 is 43.6 Å². The fourth-order valence-corrected chi connectivity index (χ4v) is 3.22. The van der Waals surface area contributed by atoms with Gasteiger partial charge in [-0.3, -0.25) is 0 Å². The van der Waals surface area contributed by atoms with Crippen LogP contribution in [0.15, 0.2) is 27.2 Å². The van der Waals surface area contributed by atoms with Crippen LogP contribution in [0, 0.1) is 0 Å². The zero-order valence-corrected chi connectivity index (χ0v) is 14.3. The van der Waals surface area contributed by atoms with Gasteiger partial charge in [0.2, 0.25) is 0 Å². The van der Waals surface area contributed by atoms with Gasteiger partial charge in [0.15, 0.2) is 0 Å². The lowest BCUT2D eigenvalue weighted by Crippen LogP contribution is -2.00. The molecule has 0 aromatic heterocycles. The molecule has 0 radical (unpaired) electrons. The molecule has 6 heteroatoms. The summed E-state index contributed by atoms with van der Waals surface area (Å²) in [7, 11) is 0. The Labute approximate surface area is 133 Å². The number of ether oxygens (including phenoxy) is 1. The summed E-state index contributed by atoms with van der Waals surface area (Å²) in [5.41, 5.74) is 0.789. The Morgan fingerprint density at radius 3 is 2.58 bits per heavy atom. The second-order valence-corrected chi connectivity index (χ2v) is 6.37. The highest BCUT2D eigenvalue weighted by Crippen LogP contribution is 2.35. The maximum Gasteiger partial charge on any atom is 0.328 e. The molecule has 104 valence electrons. The van der Waals surface area contributed by atoms with E-state index in [2.05, 4.69) is 38.1 Å². The predicted octanol–water partition coefficient (Wildman–Crippen LogP) is 4.44. The van der Waals surface area contributed by atoms with Crippen LogP contribution in [0.5, 0.6) is 5.75 Å². The summed E-state index contributed by atoms with van der Waals surface area (Å²) in [5, 5.41) is 8.60. The van der Waals surface area contributed by atoms with E-state index in [9.17, 15) is 4.79 Å². The Kier molecular flexibility index (Phi) is 7.56. The number of hydrogen-bond donors (Lipinski definition) is 1. The van der Waals surface area contributed by atoms with E-state index >= 15 is 0 Å². The quantitative estimate of drug-likeness (QED) is 0.534. The van der Waals surface area contributed by atoms with Gasteiger partial charge < -0.3 is 9.84 Å². The summed E-state index contributed by atoms with van der Waals surface area (Å²) in [4.78, 5) is 10.5. The van der Waals surface area contributed by atoms with Gasteiger partial charge in [0.1, 0.15) is 5.75 Å². The number of rotatable bonds is 7. The summed E-state index contributed by atoms with van der Waals surface area (Å²) >= 11 is 8.65. The third-order valence-electron chi connectivity index (χ3n) is 2.18. The van der Waals surface area contributed by atoms with Crippen molar-refractivity contribution < 1.29 is 14.6 Å². The minimum atomic E-state index is -0.968. The van der Waals surface area contributed by atoms with Gasteiger partial charge in [-0.1, -0.05) is 0 Å². The van der Waals surface area contributed by atoms with Crippen molar-refractivity contribution in [2.24, 2.45) is 0 Å². The molecular weight excluding hydrogens is 396 g/mol. The Morgan fingerprint density at radius 2 is 2.05 bits per heavy atom. The van der Waals surface area contributed by atoms with E-state index in [0.29, 0.717) is 6.61 Å². The van der Waals surface area contributed by atoms with Gasteiger partial charge in [0, 0.05) is 6.08 Å². The third-order valence-corrected chi connectivity index (χ3v) is 4.05. The molecule has 19 heavy (non-hydrogen) atoms. The lowest BCUT2D eigenvalue weighted by atomic mass is 10.2. The summed E-state index contributed by atoms with van der Waals surface area (Å²) < 4.78 is 7.31. The lowest BCUT2D eigenvalue weighted by molar-refractivity contribution is -0.131. The molecule has 0 spiro atoms. The molecule has 0 saturated heterocycles. The molecule has 0 aliphatic rings. The molecule has 1 aromatic rings. The highest BCUT2D eigenvalue weighted by molar-refractivity contribution is 9.11. The SMILES string of the molecule is CSCCCOc1c(Br)cc(/C=C/C(=O)O)cc1Br. The minimum absolute atomic E-state index is 0.655. The second kappa shape index (κ2) is 8.66. The molecule has 0 aliphatic carbocycles. The normalized spacial score (nSPS) is 10.9. The van der Waals surface area contributed by atoms with Crippen molar-refractivity contribution in [3.63, 3.8) is 0 Å². The average molecular weight is 410 g/mol. The highest BCUT2D eigenvalue weighted by atomic mass is 79.9. The van der Waals surface area contributed by atoms with E-state index in [0.717, 1.165) is 38.5 Å². The topological polar surface area (TPSA) is 46.5 Å². The van der Waals surface area contributed by atoms with Gasteiger partial charge >= 0.3 is 5.97 Å². The van der Waals surface area contributed by atoms with Crippen LogP contribution in [0.3, 0.4) is 0 Å². The first-order valence-corrected chi connectivity index (χ1v) is 8.54. The Balaban J connectivity index is 2.76. The maximum atomic E-state index is 10.5. The molecule has 0 fully saturated rings.